The van der Waals surface area contributed by atoms with E-state index in [-0.39, 0.29) is 0 Å². The zero-order valence-corrected chi connectivity index (χ0v) is 5.91. The van der Waals surface area contributed by atoms with Crippen LogP contribution in [-0.2, 0) is 0 Å². The molecule has 0 spiro atoms. The molecule has 2 nitrogen and oxygen atoms in total. The van der Waals surface area contributed by atoms with E-state index in [0.717, 1.165) is 18.6 Å². The standard InChI is InChI=1S/C7H14N2/c1-9-7-5-3-2-4-6(7)8/h7-9H,2-5H2,1H3. The van der Waals surface area contributed by atoms with E-state index in [0.29, 0.717) is 6.04 Å². The largest absolute Gasteiger partial charge is 0.312 e. The van der Waals surface area contributed by atoms with Gasteiger partial charge in [0.2, 0.25) is 0 Å². The smallest absolute Gasteiger partial charge is 0.0445 e. The summed E-state index contributed by atoms with van der Waals surface area (Å²) in [5, 5.41) is 10.6. The molecular formula is C7H14N2. The SMILES string of the molecule is CNC1CCCCC1=N. The van der Waals surface area contributed by atoms with Gasteiger partial charge >= 0.3 is 0 Å². The van der Waals surface area contributed by atoms with Gasteiger partial charge in [-0.2, -0.15) is 0 Å². The summed E-state index contributed by atoms with van der Waals surface area (Å²) in [5.41, 5.74) is 0.892. The Labute approximate surface area is 56.2 Å². The molecule has 1 aliphatic carbocycles. The van der Waals surface area contributed by atoms with Gasteiger partial charge in [0, 0.05) is 11.8 Å². The third kappa shape index (κ3) is 1.52. The van der Waals surface area contributed by atoms with E-state index in [9.17, 15) is 0 Å². The molecule has 1 fully saturated rings. The minimum Gasteiger partial charge on any atom is -0.312 e. The summed E-state index contributed by atoms with van der Waals surface area (Å²) in [6, 6.07) is 0.388. The highest BCUT2D eigenvalue weighted by atomic mass is 14.9. The first-order chi connectivity index (χ1) is 4.34. The van der Waals surface area contributed by atoms with E-state index in [1.807, 2.05) is 7.05 Å². The monoisotopic (exact) mass is 126 g/mol. The first kappa shape index (κ1) is 6.75. The van der Waals surface area contributed by atoms with Gasteiger partial charge < -0.3 is 10.7 Å². The molecule has 0 saturated heterocycles. The Hall–Kier alpha value is -0.370. The lowest BCUT2D eigenvalue weighted by atomic mass is 9.94. The van der Waals surface area contributed by atoms with Gasteiger partial charge in [-0.1, -0.05) is 6.42 Å². The summed E-state index contributed by atoms with van der Waals surface area (Å²) in [6.45, 7) is 0. The minimum absolute atomic E-state index is 0.388. The van der Waals surface area contributed by atoms with Crippen molar-refractivity contribution >= 4 is 5.71 Å². The molecule has 0 heterocycles. The maximum Gasteiger partial charge on any atom is 0.0445 e. The van der Waals surface area contributed by atoms with Gasteiger partial charge in [-0.05, 0) is 26.3 Å². The Morgan fingerprint density at radius 3 is 2.78 bits per heavy atom. The molecule has 9 heavy (non-hydrogen) atoms. The average molecular weight is 126 g/mol. The van der Waals surface area contributed by atoms with Gasteiger partial charge in [-0.25, -0.2) is 0 Å². The van der Waals surface area contributed by atoms with Crippen LogP contribution in [-0.4, -0.2) is 18.8 Å². The first-order valence-corrected chi connectivity index (χ1v) is 3.59. The van der Waals surface area contributed by atoms with Crippen molar-refractivity contribution < 1.29 is 0 Å². The van der Waals surface area contributed by atoms with E-state index >= 15 is 0 Å². The van der Waals surface area contributed by atoms with Gasteiger partial charge in [0.05, 0.1) is 0 Å². The summed E-state index contributed by atoms with van der Waals surface area (Å²) in [6.07, 6.45) is 4.67. The Morgan fingerprint density at radius 1 is 1.56 bits per heavy atom. The molecule has 1 aliphatic rings. The number of rotatable bonds is 1. The number of hydrogen-bond acceptors (Lipinski definition) is 2. The van der Waals surface area contributed by atoms with E-state index in [4.69, 9.17) is 5.41 Å². The van der Waals surface area contributed by atoms with Crippen LogP contribution >= 0.6 is 0 Å². The van der Waals surface area contributed by atoms with E-state index in [2.05, 4.69) is 5.32 Å². The maximum absolute atomic E-state index is 7.48. The summed E-state index contributed by atoms with van der Waals surface area (Å²) in [5.74, 6) is 0. The highest BCUT2D eigenvalue weighted by molar-refractivity contribution is 5.87. The molecule has 0 bridgehead atoms. The topological polar surface area (TPSA) is 35.9 Å². The van der Waals surface area contributed by atoms with Crippen LogP contribution in [0.25, 0.3) is 0 Å². The Bertz CT molecular complexity index is 109. The van der Waals surface area contributed by atoms with E-state index < -0.39 is 0 Å². The molecule has 1 rings (SSSR count). The normalized spacial score (nSPS) is 28.6. The lowest BCUT2D eigenvalue weighted by molar-refractivity contribution is 0.546. The zero-order valence-electron chi connectivity index (χ0n) is 5.91. The predicted octanol–water partition coefficient (Wildman–Crippen LogP) is 1.17. The van der Waals surface area contributed by atoms with Crippen molar-refractivity contribution in [3.8, 4) is 0 Å². The van der Waals surface area contributed by atoms with Crippen LogP contribution in [0.1, 0.15) is 25.7 Å². The third-order valence-corrected chi connectivity index (χ3v) is 1.96. The van der Waals surface area contributed by atoms with Crippen LogP contribution in [0, 0.1) is 5.41 Å². The molecule has 0 aromatic rings. The second kappa shape index (κ2) is 2.97. The summed E-state index contributed by atoms with van der Waals surface area (Å²) in [4.78, 5) is 0. The van der Waals surface area contributed by atoms with Crippen molar-refractivity contribution in [3.63, 3.8) is 0 Å². The number of nitrogens with one attached hydrogen (secondary N) is 2. The molecule has 0 amide bonds. The molecule has 0 radical (unpaired) electrons. The lowest BCUT2D eigenvalue weighted by Crippen LogP contribution is -2.35. The van der Waals surface area contributed by atoms with E-state index in [1.165, 1.54) is 12.8 Å². The van der Waals surface area contributed by atoms with E-state index in [1.54, 1.807) is 0 Å². The fourth-order valence-electron chi connectivity index (χ4n) is 1.33. The second-order valence-electron chi connectivity index (χ2n) is 2.61. The minimum atomic E-state index is 0.388. The van der Waals surface area contributed by atoms with Crippen LogP contribution < -0.4 is 5.32 Å². The van der Waals surface area contributed by atoms with Crippen molar-refractivity contribution in [2.75, 3.05) is 7.05 Å². The quantitative estimate of drug-likeness (QED) is 0.543. The van der Waals surface area contributed by atoms with Crippen molar-refractivity contribution in [3.05, 3.63) is 0 Å². The Kier molecular flexibility index (Phi) is 2.22. The zero-order chi connectivity index (χ0) is 6.69. The number of hydrogen-bond donors (Lipinski definition) is 2. The molecule has 2 heteroatoms. The van der Waals surface area contributed by atoms with Gasteiger partial charge in [0.25, 0.3) is 0 Å². The molecule has 0 aromatic carbocycles. The van der Waals surface area contributed by atoms with Crippen molar-refractivity contribution in [2.24, 2.45) is 0 Å². The first-order valence-electron chi connectivity index (χ1n) is 3.59. The Balaban J connectivity index is 2.39. The van der Waals surface area contributed by atoms with Crippen LogP contribution in [0.2, 0.25) is 0 Å². The fourth-order valence-corrected chi connectivity index (χ4v) is 1.33. The average Bonchev–Trinajstić information content (AvgIpc) is 1.89. The fraction of sp³-hybridized carbons (Fsp3) is 0.857. The summed E-state index contributed by atoms with van der Waals surface area (Å²) in [7, 11) is 1.94. The Morgan fingerprint density at radius 2 is 2.33 bits per heavy atom. The van der Waals surface area contributed by atoms with Crippen LogP contribution in [0.5, 0.6) is 0 Å². The van der Waals surface area contributed by atoms with Crippen LogP contribution in [0.4, 0.5) is 0 Å². The van der Waals surface area contributed by atoms with Crippen molar-refractivity contribution in [1.29, 1.82) is 5.41 Å². The highest BCUT2D eigenvalue weighted by Gasteiger charge is 2.15. The molecule has 52 valence electrons. The lowest BCUT2D eigenvalue weighted by Gasteiger charge is -2.21. The highest BCUT2D eigenvalue weighted by Crippen LogP contribution is 2.13. The molecular weight excluding hydrogens is 112 g/mol. The van der Waals surface area contributed by atoms with Crippen molar-refractivity contribution in [2.45, 2.75) is 31.7 Å². The summed E-state index contributed by atoms with van der Waals surface area (Å²) >= 11 is 0. The molecule has 1 saturated carbocycles. The van der Waals surface area contributed by atoms with Crippen LogP contribution in [0.3, 0.4) is 0 Å². The predicted molar refractivity (Wildman–Crippen MR) is 39.0 cm³/mol. The van der Waals surface area contributed by atoms with Gasteiger partial charge in [-0.15, -0.1) is 0 Å². The summed E-state index contributed by atoms with van der Waals surface area (Å²) < 4.78 is 0. The molecule has 1 unspecified atom stereocenters. The molecule has 1 atom stereocenters. The van der Waals surface area contributed by atoms with Crippen molar-refractivity contribution in [1.82, 2.24) is 5.32 Å². The third-order valence-electron chi connectivity index (χ3n) is 1.96. The maximum atomic E-state index is 7.48. The molecule has 0 aromatic heterocycles. The van der Waals surface area contributed by atoms with Gasteiger partial charge in [0.1, 0.15) is 0 Å². The second-order valence-corrected chi connectivity index (χ2v) is 2.61. The molecule has 2 N–H and O–H groups in total. The van der Waals surface area contributed by atoms with Gasteiger partial charge in [-0.3, -0.25) is 0 Å². The van der Waals surface area contributed by atoms with Crippen LogP contribution in [0.15, 0.2) is 0 Å². The van der Waals surface area contributed by atoms with Gasteiger partial charge in [0.15, 0.2) is 0 Å². The molecule has 0 aliphatic heterocycles.